The number of carbonyl (C=O) groups is 1. The first-order valence-corrected chi connectivity index (χ1v) is 11.2. The lowest BCUT2D eigenvalue weighted by Crippen LogP contribution is -2.44. The van der Waals surface area contributed by atoms with Crippen molar-refractivity contribution in [2.75, 3.05) is 19.6 Å². The molecule has 0 spiro atoms. The van der Waals surface area contributed by atoms with Gasteiger partial charge in [-0.2, -0.15) is 0 Å². The maximum absolute atomic E-state index is 12.8. The van der Waals surface area contributed by atoms with Crippen molar-refractivity contribution in [1.29, 1.82) is 0 Å². The molecule has 0 radical (unpaired) electrons. The van der Waals surface area contributed by atoms with Crippen LogP contribution in [0.1, 0.15) is 31.2 Å². The Morgan fingerprint density at radius 3 is 2.79 bits per heavy atom. The molecule has 28 heavy (non-hydrogen) atoms. The van der Waals surface area contributed by atoms with Crippen LogP contribution in [0.15, 0.2) is 34.0 Å². The van der Waals surface area contributed by atoms with Crippen LogP contribution in [0.25, 0.3) is 10.9 Å². The van der Waals surface area contributed by atoms with Crippen LogP contribution < -0.4 is 10.3 Å². The molecule has 1 amide bonds. The molecule has 8 heteroatoms. The summed E-state index contributed by atoms with van der Waals surface area (Å²) in [6, 6.07) is 6.17. The van der Waals surface area contributed by atoms with Crippen molar-refractivity contribution in [3.63, 3.8) is 0 Å². The Hall–Kier alpha value is -2.19. The van der Waals surface area contributed by atoms with Crippen molar-refractivity contribution in [1.82, 2.24) is 14.6 Å². The quantitative estimate of drug-likeness (QED) is 0.795. The lowest BCUT2D eigenvalue weighted by molar-refractivity contribution is -0.134. The Bertz CT molecular complexity index is 1070. The van der Waals surface area contributed by atoms with Crippen LogP contribution >= 0.6 is 0 Å². The molecule has 1 saturated heterocycles. The van der Waals surface area contributed by atoms with Crippen LogP contribution in [0, 0.1) is 18.8 Å². The Balaban J connectivity index is 1.46. The summed E-state index contributed by atoms with van der Waals surface area (Å²) in [5.41, 5.74) is 1.14. The van der Waals surface area contributed by atoms with Gasteiger partial charge in [-0.15, -0.1) is 0 Å². The third kappa shape index (κ3) is 3.98. The Morgan fingerprint density at radius 1 is 1.25 bits per heavy atom. The number of hydrogen-bond donors (Lipinski definition) is 2. The topological polar surface area (TPSA) is 99.3 Å². The molecule has 2 aromatic rings. The summed E-state index contributed by atoms with van der Waals surface area (Å²) in [5.74, 6) is 0.555. The molecular weight excluding hydrogens is 378 g/mol. The minimum Gasteiger partial charge on any atom is -0.342 e. The number of H-pyrrole nitrogens is 1. The highest BCUT2D eigenvalue weighted by Gasteiger charge is 2.35. The molecule has 1 aliphatic carbocycles. The zero-order valence-corrected chi connectivity index (χ0v) is 16.7. The lowest BCUT2D eigenvalue weighted by atomic mass is 9.98. The normalized spacial score (nSPS) is 20.5. The Kier molecular flexibility index (Phi) is 5.01. The summed E-state index contributed by atoms with van der Waals surface area (Å²) < 4.78 is 28.2. The van der Waals surface area contributed by atoms with Gasteiger partial charge >= 0.3 is 0 Å². The molecule has 0 bridgehead atoms. The van der Waals surface area contributed by atoms with Gasteiger partial charge < -0.3 is 9.88 Å². The average Bonchev–Trinajstić information content (AvgIpc) is 3.51. The van der Waals surface area contributed by atoms with E-state index in [0.29, 0.717) is 24.0 Å². The summed E-state index contributed by atoms with van der Waals surface area (Å²) in [6.07, 6.45) is 3.79. The maximum Gasteiger partial charge on any atom is 0.248 e. The van der Waals surface area contributed by atoms with Gasteiger partial charge in [-0.25, -0.2) is 13.1 Å². The Labute approximate surface area is 164 Å². The van der Waals surface area contributed by atoms with Crippen molar-refractivity contribution in [2.24, 2.45) is 11.8 Å². The highest BCUT2D eigenvalue weighted by molar-refractivity contribution is 7.89. The van der Waals surface area contributed by atoms with Gasteiger partial charge in [-0.1, -0.05) is 0 Å². The monoisotopic (exact) mass is 403 g/mol. The smallest absolute Gasteiger partial charge is 0.248 e. The highest BCUT2D eigenvalue weighted by atomic mass is 32.2. The lowest BCUT2D eigenvalue weighted by Gasteiger charge is -2.33. The van der Waals surface area contributed by atoms with Crippen LogP contribution in [0.4, 0.5) is 0 Å². The summed E-state index contributed by atoms with van der Waals surface area (Å²) >= 11 is 0. The van der Waals surface area contributed by atoms with E-state index in [2.05, 4.69) is 9.71 Å². The molecule has 1 atom stereocenters. The second-order valence-corrected chi connectivity index (χ2v) is 9.71. The minimum atomic E-state index is -3.67. The van der Waals surface area contributed by atoms with Gasteiger partial charge in [0.1, 0.15) is 0 Å². The molecule has 2 N–H and O–H groups in total. The number of sulfonamides is 1. The molecule has 2 fully saturated rings. The van der Waals surface area contributed by atoms with Crippen LogP contribution in [-0.4, -0.2) is 43.8 Å². The van der Waals surface area contributed by atoms with Crippen LogP contribution in [-0.2, 0) is 14.8 Å². The molecule has 1 saturated carbocycles. The van der Waals surface area contributed by atoms with E-state index in [-0.39, 0.29) is 28.2 Å². The fraction of sp³-hybridized carbons (Fsp3) is 0.500. The number of carbonyl (C=O) groups excluding carboxylic acids is 1. The SMILES string of the molecule is Cc1cc(=O)[nH]c2ccc(S(=O)(=O)NC[C@@H]3CCCN(C(=O)C4CC4)C3)cc12. The van der Waals surface area contributed by atoms with Crippen LogP contribution in [0.5, 0.6) is 0 Å². The average molecular weight is 404 g/mol. The maximum atomic E-state index is 12.8. The van der Waals surface area contributed by atoms with Crippen molar-refractivity contribution >= 4 is 26.8 Å². The molecule has 150 valence electrons. The molecule has 0 unspecified atom stereocenters. The molecule has 2 heterocycles. The van der Waals surface area contributed by atoms with Crippen molar-refractivity contribution in [2.45, 2.75) is 37.5 Å². The van der Waals surface area contributed by atoms with E-state index >= 15 is 0 Å². The number of hydrogen-bond acceptors (Lipinski definition) is 4. The van der Waals surface area contributed by atoms with Crippen molar-refractivity contribution in [3.8, 4) is 0 Å². The predicted octanol–water partition coefficient (Wildman–Crippen LogP) is 1.76. The summed E-state index contributed by atoms with van der Waals surface area (Å²) in [4.78, 5) is 28.6. The van der Waals surface area contributed by atoms with Gasteiger partial charge in [0.15, 0.2) is 0 Å². The van der Waals surface area contributed by atoms with Crippen molar-refractivity contribution in [3.05, 3.63) is 40.2 Å². The molecule has 1 aromatic heterocycles. The van der Waals surface area contributed by atoms with Gasteiger partial charge in [0.2, 0.25) is 21.5 Å². The number of aromatic amines is 1. The van der Waals surface area contributed by atoms with E-state index in [9.17, 15) is 18.0 Å². The van der Waals surface area contributed by atoms with Gasteiger partial charge in [-0.05, 0) is 62.3 Å². The summed E-state index contributed by atoms with van der Waals surface area (Å²) in [6.45, 7) is 3.50. The number of fused-ring (bicyclic) bond motifs is 1. The predicted molar refractivity (Wildman–Crippen MR) is 107 cm³/mol. The number of nitrogens with one attached hydrogen (secondary N) is 2. The second kappa shape index (κ2) is 7.33. The number of nitrogens with zero attached hydrogens (tertiary/aromatic N) is 1. The summed E-state index contributed by atoms with van der Waals surface area (Å²) in [5, 5.41) is 0.710. The number of pyridine rings is 1. The van der Waals surface area contributed by atoms with Crippen LogP contribution in [0.2, 0.25) is 0 Å². The number of likely N-dealkylation sites (tertiary alicyclic amines) is 1. The zero-order chi connectivity index (χ0) is 19.9. The number of aromatic nitrogens is 1. The third-order valence-electron chi connectivity index (χ3n) is 5.65. The number of amides is 1. The zero-order valence-electron chi connectivity index (χ0n) is 15.9. The van der Waals surface area contributed by atoms with Gasteiger partial charge in [-0.3, -0.25) is 9.59 Å². The van der Waals surface area contributed by atoms with Gasteiger partial charge in [0, 0.05) is 42.5 Å². The number of benzene rings is 1. The van der Waals surface area contributed by atoms with Crippen LogP contribution in [0.3, 0.4) is 0 Å². The van der Waals surface area contributed by atoms with Gasteiger partial charge in [0.05, 0.1) is 4.90 Å². The number of aryl methyl sites for hydroxylation is 1. The van der Waals surface area contributed by atoms with Gasteiger partial charge in [0.25, 0.3) is 0 Å². The molecule has 1 aliphatic heterocycles. The van der Waals surface area contributed by atoms with E-state index in [4.69, 9.17) is 0 Å². The first kappa shape index (κ1) is 19.1. The van der Waals surface area contributed by atoms with E-state index in [1.165, 1.54) is 12.1 Å². The molecule has 2 aliphatic rings. The molecular formula is C20H25N3O4S. The standard InChI is InChI=1S/C20H25N3O4S/c1-13-9-19(24)22-18-7-6-16(10-17(13)18)28(26,27)21-11-14-3-2-8-23(12-14)20(25)15-4-5-15/h6-7,9-10,14-15,21H,2-5,8,11-12H2,1H3,(H,22,24)/t14-/m0/s1. The Morgan fingerprint density at radius 2 is 2.04 bits per heavy atom. The third-order valence-corrected chi connectivity index (χ3v) is 7.07. The van der Waals surface area contributed by atoms with E-state index < -0.39 is 10.0 Å². The molecule has 1 aromatic carbocycles. The molecule has 4 rings (SSSR count). The van der Waals surface area contributed by atoms with E-state index in [1.807, 2.05) is 4.90 Å². The first-order chi connectivity index (χ1) is 13.3. The fourth-order valence-electron chi connectivity index (χ4n) is 3.90. The fourth-order valence-corrected chi connectivity index (χ4v) is 5.04. The largest absolute Gasteiger partial charge is 0.342 e. The van der Waals surface area contributed by atoms with E-state index in [0.717, 1.165) is 37.8 Å². The van der Waals surface area contributed by atoms with E-state index in [1.54, 1.807) is 19.1 Å². The molecule has 7 nitrogen and oxygen atoms in total. The minimum absolute atomic E-state index is 0.129. The summed E-state index contributed by atoms with van der Waals surface area (Å²) in [7, 11) is -3.67. The number of piperidine rings is 1. The second-order valence-electron chi connectivity index (χ2n) is 7.94. The first-order valence-electron chi connectivity index (χ1n) is 9.75. The van der Waals surface area contributed by atoms with Crippen molar-refractivity contribution < 1.29 is 13.2 Å². The number of rotatable bonds is 5. The highest BCUT2D eigenvalue weighted by Crippen LogP contribution is 2.32.